The van der Waals surface area contributed by atoms with Gasteiger partial charge in [-0.3, -0.25) is 9.69 Å². The van der Waals surface area contributed by atoms with Crippen molar-refractivity contribution in [3.63, 3.8) is 0 Å². The second-order valence-electron chi connectivity index (χ2n) is 8.06. The monoisotopic (exact) mass is 382 g/mol. The van der Waals surface area contributed by atoms with Crippen molar-refractivity contribution >= 4 is 5.91 Å². The average molecular weight is 383 g/mol. The maximum atomic E-state index is 12.3. The van der Waals surface area contributed by atoms with Crippen LogP contribution in [0.3, 0.4) is 0 Å². The molecule has 5 nitrogen and oxygen atoms in total. The van der Waals surface area contributed by atoms with Crippen LogP contribution < -0.4 is 5.32 Å². The van der Waals surface area contributed by atoms with E-state index >= 15 is 0 Å². The molecule has 2 aromatic rings. The molecule has 5 heteroatoms. The van der Waals surface area contributed by atoms with Crippen LogP contribution >= 0.6 is 0 Å². The number of rotatable bonds is 8. The number of carbonyl (C=O) groups is 1. The third kappa shape index (κ3) is 5.03. The topological polar surface area (TPSA) is 54.7 Å². The number of ether oxygens (including phenoxy) is 1. The van der Waals surface area contributed by atoms with E-state index in [0.717, 1.165) is 50.3 Å². The maximum Gasteiger partial charge on any atom is 0.220 e. The van der Waals surface area contributed by atoms with Gasteiger partial charge in [0.15, 0.2) is 0 Å². The van der Waals surface area contributed by atoms with E-state index in [-0.39, 0.29) is 5.91 Å². The summed E-state index contributed by atoms with van der Waals surface area (Å²) in [5.41, 5.74) is 2.46. The fourth-order valence-corrected chi connectivity index (χ4v) is 3.85. The third-order valence-electron chi connectivity index (χ3n) is 5.85. The minimum atomic E-state index is 0.0684. The Kier molecular flexibility index (Phi) is 6.13. The zero-order valence-electron chi connectivity index (χ0n) is 16.7. The molecule has 2 heterocycles. The van der Waals surface area contributed by atoms with Crippen LogP contribution in [0.15, 0.2) is 40.8 Å². The Balaban J connectivity index is 1.24. The Morgan fingerprint density at radius 3 is 2.64 bits per heavy atom. The number of carbonyl (C=O) groups excluding carboxylic acids is 1. The number of morpholine rings is 1. The van der Waals surface area contributed by atoms with E-state index in [4.69, 9.17) is 9.15 Å². The van der Waals surface area contributed by atoms with Gasteiger partial charge in [-0.25, -0.2) is 0 Å². The Bertz CT molecular complexity index is 795. The van der Waals surface area contributed by atoms with Gasteiger partial charge >= 0.3 is 0 Å². The van der Waals surface area contributed by atoms with E-state index < -0.39 is 0 Å². The highest BCUT2D eigenvalue weighted by atomic mass is 16.5. The third-order valence-corrected chi connectivity index (χ3v) is 5.85. The molecule has 0 bridgehead atoms. The number of aryl methyl sites for hydroxylation is 1. The van der Waals surface area contributed by atoms with E-state index in [1.165, 1.54) is 17.5 Å². The molecular weight excluding hydrogens is 352 g/mol. The van der Waals surface area contributed by atoms with Crippen molar-refractivity contribution in [3.8, 4) is 0 Å². The fourth-order valence-electron chi connectivity index (χ4n) is 3.85. The second kappa shape index (κ2) is 8.93. The molecule has 1 aromatic heterocycles. The first kappa shape index (κ1) is 19.2. The standard InChI is InChI=1S/C23H30N2O3/c1-17-14-21(17)22-8-6-20(28-22)7-9-23(26)24-15-18-4-2-3-5-19(18)16-25-10-12-27-13-11-25/h2-6,8,17,21H,7,9-16H2,1H3,(H,24,26)/t17-,21+/m1/s1. The number of hydrogen-bond donors (Lipinski definition) is 1. The van der Waals surface area contributed by atoms with Crippen LogP contribution in [0.5, 0.6) is 0 Å². The molecular formula is C23H30N2O3. The Morgan fingerprint density at radius 2 is 1.89 bits per heavy atom. The van der Waals surface area contributed by atoms with Gasteiger partial charge in [0.2, 0.25) is 5.91 Å². The highest BCUT2D eigenvalue weighted by molar-refractivity contribution is 5.76. The van der Waals surface area contributed by atoms with Crippen LogP contribution in [0, 0.1) is 5.92 Å². The van der Waals surface area contributed by atoms with Crippen molar-refractivity contribution in [1.82, 2.24) is 10.2 Å². The lowest BCUT2D eigenvalue weighted by atomic mass is 10.1. The molecule has 28 heavy (non-hydrogen) atoms. The summed E-state index contributed by atoms with van der Waals surface area (Å²) in [7, 11) is 0. The number of benzene rings is 1. The first-order chi connectivity index (χ1) is 13.7. The minimum Gasteiger partial charge on any atom is -0.466 e. The molecule has 0 unspecified atom stereocenters. The summed E-state index contributed by atoms with van der Waals surface area (Å²) < 4.78 is 11.3. The smallest absolute Gasteiger partial charge is 0.220 e. The van der Waals surface area contributed by atoms with Crippen molar-refractivity contribution in [2.75, 3.05) is 26.3 Å². The quantitative estimate of drug-likeness (QED) is 0.759. The lowest BCUT2D eigenvalue weighted by Crippen LogP contribution is -2.36. The van der Waals surface area contributed by atoms with Gasteiger partial charge in [-0.05, 0) is 35.6 Å². The van der Waals surface area contributed by atoms with Crippen LogP contribution in [-0.2, 0) is 29.0 Å². The van der Waals surface area contributed by atoms with Gasteiger partial charge in [-0.15, -0.1) is 0 Å². The number of furan rings is 1. The SMILES string of the molecule is C[C@@H]1C[C@@H]1c1ccc(CCC(=O)NCc2ccccc2CN2CCOCC2)o1. The number of amides is 1. The first-order valence-corrected chi connectivity index (χ1v) is 10.4. The predicted molar refractivity (Wildman–Crippen MR) is 108 cm³/mol. The molecule has 1 N–H and O–H groups in total. The molecule has 2 fully saturated rings. The maximum absolute atomic E-state index is 12.3. The van der Waals surface area contributed by atoms with Gasteiger partial charge in [0.1, 0.15) is 11.5 Å². The average Bonchev–Trinajstić information content (AvgIpc) is 3.26. The molecule has 1 saturated heterocycles. The lowest BCUT2D eigenvalue weighted by molar-refractivity contribution is -0.121. The summed E-state index contributed by atoms with van der Waals surface area (Å²) in [6, 6.07) is 12.4. The van der Waals surface area contributed by atoms with Crippen molar-refractivity contribution in [3.05, 3.63) is 59.0 Å². The lowest BCUT2D eigenvalue weighted by Gasteiger charge is -2.27. The van der Waals surface area contributed by atoms with E-state index in [2.05, 4.69) is 41.4 Å². The first-order valence-electron chi connectivity index (χ1n) is 10.4. The Labute approximate surface area is 167 Å². The summed E-state index contributed by atoms with van der Waals surface area (Å²) in [4.78, 5) is 14.7. The number of nitrogens with one attached hydrogen (secondary N) is 1. The van der Waals surface area contributed by atoms with Crippen LogP contribution in [0.25, 0.3) is 0 Å². The van der Waals surface area contributed by atoms with Gasteiger partial charge < -0.3 is 14.5 Å². The van der Waals surface area contributed by atoms with Gasteiger partial charge in [-0.1, -0.05) is 31.2 Å². The predicted octanol–water partition coefficient (Wildman–Crippen LogP) is 3.48. The van der Waals surface area contributed by atoms with Crippen molar-refractivity contribution in [2.24, 2.45) is 5.92 Å². The van der Waals surface area contributed by atoms with Gasteiger partial charge in [0, 0.05) is 44.9 Å². The largest absolute Gasteiger partial charge is 0.466 e. The van der Waals surface area contributed by atoms with Gasteiger partial charge in [0.25, 0.3) is 0 Å². The van der Waals surface area contributed by atoms with Crippen LogP contribution in [0.4, 0.5) is 0 Å². The zero-order chi connectivity index (χ0) is 19.3. The van der Waals surface area contributed by atoms with Gasteiger partial charge in [0.05, 0.1) is 13.2 Å². The van der Waals surface area contributed by atoms with E-state index in [1.807, 2.05) is 12.1 Å². The molecule has 1 amide bonds. The van der Waals surface area contributed by atoms with Crippen molar-refractivity contribution < 1.29 is 13.9 Å². The summed E-state index contributed by atoms with van der Waals surface area (Å²) in [6.45, 7) is 7.25. The molecule has 1 aliphatic carbocycles. The van der Waals surface area contributed by atoms with Crippen molar-refractivity contribution in [2.45, 2.75) is 45.2 Å². The van der Waals surface area contributed by atoms with Crippen LogP contribution in [0.1, 0.15) is 48.3 Å². The van der Waals surface area contributed by atoms with Crippen LogP contribution in [-0.4, -0.2) is 37.1 Å². The number of nitrogens with zero attached hydrogens (tertiary/aromatic N) is 1. The normalized spacial score (nSPS) is 22.2. The summed E-state index contributed by atoms with van der Waals surface area (Å²) in [5.74, 6) is 3.39. The van der Waals surface area contributed by atoms with Gasteiger partial charge in [-0.2, -0.15) is 0 Å². The second-order valence-corrected chi connectivity index (χ2v) is 8.06. The molecule has 1 aromatic carbocycles. The molecule has 2 aliphatic rings. The Morgan fingerprint density at radius 1 is 1.14 bits per heavy atom. The fraction of sp³-hybridized carbons (Fsp3) is 0.522. The Hall–Kier alpha value is -2.11. The minimum absolute atomic E-state index is 0.0684. The molecule has 150 valence electrons. The van der Waals surface area contributed by atoms with E-state index in [9.17, 15) is 4.79 Å². The molecule has 1 saturated carbocycles. The summed E-state index contributed by atoms with van der Waals surface area (Å²) in [5, 5.41) is 3.07. The number of hydrogen-bond acceptors (Lipinski definition) is 4. The van der Waals surface area contributed by atoms with E-state index in [0.29, 0.717) is 25.3 Å². The zero-order valence-corrected chi connectivity index (χ0v) is 16.7. The van der Waals surface area contributed by atoms with Crippen molar-refractivity contribution in [1.29, 1.82) is 0 Å². The molecule has 2 atom stereocenters. The summed E-state index contributed by atoms with van der Waals surface area (Å²) in [6.07, 6.45) is 2.33. The highest BCUT2D eigenvalue weighted by Gasteiger charge is 2.36. The molecule has 0 radical (unpaired) electrons. The van der Waals surface area contributed by atoms with Crippen LogP contribution in [0.2, 0.25) is 0 Å². The molecule has 4 rings (SSSR count). The molecule has 0 spiro atoms. The highest BCUT2D eigenvalue weighted by Crippen LogP contribution is 2.47. The van der Waals surface area contributed by atoms with E-state index in [1.54, 1.807) is 0 Å². The molecule has 1 aliphatic heterocycles. The summed E-state index contributed by atoms with van der Waals surface area (Å²) >= 11 is 0.